The lowest BCUT2D eigenvalue weighted by Gasteiger charge is -2.24. The van der Waals surface area contributed by atoms with E-state index in [1.54, 1.807) is 23.4 Å². The summed E-state index contributed by atoms with van der Waals surface area (Å²) in [6, 6.07) is 3.84. The molecule has 1 N–H and O–H groups in total. The van der Waals surface area contributed by atoms with Gasteiger partial charge in [-0.05, 0) is 18.4 Å². The van der Waals surface area contributed by atoms with Crippen LogP contribution in [0.15, 0.2) is 18.5 Å². The molecule has 0 saturated heterocycles. The summed E-state index contributed by atoms with van der Waals surface area (Å²) >= 11 is 0. The predicted molar refractivity (Wildman–Crippen MR) is 84.0 cm³/mol. The van der Waals surface area contributed by atoms with Gasteiger partial charge in [-0.2, -0.15) is 5.26 Å². The third-order valence-corrected chi connectivity index (χ3v) is 2.98. The predicted octanol–water partition coefficient (Wildman–Crippen LogP) is 2.92. The minimum Gasteiger partial charge on any atom is -0.383 e. The molecule has 1 aromatic rings. The molecule has 1 rings (SSSR count). The number of hydrogen-bond acceptors (Lipinski definition) is 4. The Kier molecular flexibility index (Phi) is 7.24. The van der Waals surface area contributed by atoms with Crippen LogP contribution in [-0.2, 0) is 0 Å². The smallest absolute Gasteiger partial charge is 0.256 e. The van der Waals surface area contributed by atoms with Crippen molar-refractivity contribution in [1.29, 1.82) is 5.26 Å². The Bertz CT molecular complexity index is 493. The molecule has 0 atom stereocenters. The molecule has 1 heterocycles. The number of nitrogens with one attached hydrogen (secondary N) is 1. The van der Waals surface area contributed by atoms with E-state index in [-0.39, 0.29) is 5.91 Å². The second-order valence-electron chi connectivity index (χ2n) is 5.40. The van der Waals surface area contributed by atoms with Crippen LogP contribution in [0.25, 0.3) is 0 Å². The average Bonchev–Trinajstić information content (AvgIpc) is 2.48. The summed E-state index contributed by atoms with van der Waals surface area (Å²) in [7, 11) is 0. The maximum absolute atomic E-state index is 12.7. The van der Waals surface area contributed by atoms with Crippen LogP contribution >= 0.6 is 0 Å². The van der Waals surface area contributed by atoms with Gasteiger partial charge in [0.2, 0.25) is 0 Å². The van der Waals surface area contributed by atoms with Crippen LogP contribution in [0.3, 0.4) is 0 Å². The molecule has 21 heavy (non-hydrogen) atoms. The van der Waals surface area contributed by atoms with Crippen LogP contribution in [0.1, 0.15) is 44.0 Å². The van der Waals surface area contributed by atoms with E-state index in [2.05, 4.69) is 37.1 Å². The quantitative estimate of drug-likeness (QED) is 0.798. The fraction of sp³-hybridized carbons (Fsp3) is 0.562. The van der Waals surface area contributed by atoms with Gasteiger partial charge < -0.3 is 10.2 Å². The summed E-state index contributed by atoms with van der Waals surface area (Å²) < 4.78 is 0. The SMILES string of the molecule is CCCNc1cnccc1C(=O)N(CCC#N)CC(C)C. The molecule has 0 saturated carbocycles. The third kappa shape index (κ3) is 5.42. The van der Waals surface area contributed by atoms with Crippen molar-refractivity contribution < 1.29 is 4.79 Å². The molecule has 0 unspecified atom stereocenters. The number of hydrogen-bond donors (Lipinski definition) is 1. The van der Waals surface area contributed by atoms with Gasteiger partial charge in [-0.3, -0.25) is 9.78 Å². The molecule has 1 amide bonds. The fourth-order valence-corrected chi connectivity index (χ4v) is 2.05. The summed E-state index contributed by atoms with van der Waals surface area (Å²) in [4.78, 5) is 18.5. The van der Waals surface area contributed by atoms with Gasteiger partial charge in [-0.15, -0.1) is 0 Å². The van der Waals surface area contributed by atoms with Crippen molar-refractivity contribution in [1.82, 2.24) is 9.88 Å². The monoisotopic (exact) mass is 288 g/mol. The van der Waals surface area contributed by atoms with Gasteiger partial charge in [0.1, 0.15) is 0 Å². The van der Waals surface area contributed by atoms with Crippen LogP contribution in [0.4, 0.5) is 5.69 Å². The van der Waals surface area contributed by atoms with Gasteiger partial charge in [0.15, 0.2) is 0 Å². The number of carbonyl (C=O) groups excluding carboxylic acids is 1. The second-order valence-corrected chi connectivity index (χ2v) is 5.40. The number of rotatable bonds is 8. The lowest BCUT2D eigenvalue weighted by molar-refractivity contribution is 0.0741. The Morgan fingerprint density at radius 2 is 2.29 bits per heavy atom. The molecule has 0 aliphatic carbocycles. The van der Waals surface area contributed by atoms with Crippen molar-refractivity contribution in [2.75, 3.05) is 25.0 Å². The molecule has 0 aliphatic rings. The first kappa shape index (κ1) is 17.0. The van der Waals surface area contributed by atoms with E-state index >= 15 is 0 Å². The Morgan fingerprint density at radius 1 is 1.52 bits per heavy atom. The van der Waals surface area contributed by atoms with Gasteiger partial charge in [-0.1, -0.05) is 20.8 Å². The number of amides is 1. The second kappa shape index (κ2) is 8.96. The van der Waals surface area contributed by atoms with Crippen LogP contribution in [0.5, 0.6) is 0 Å². The van der Waals surface area contributed by atoms with E-state index in [9.17, 15) is 4.79 Å². The van der Waals surface area contributed by atoms with Crippen molar-refractivity contribution >= 4 is 11.6 Å². The van der Waals surface area contributed by atoms with E-state index in [0.29, 0.717) is 31.0 Å². The topological polar surface area (TPSA) is 69.0 Å². The van der Waals surface area contributed by atoms with E-state index in [0.717, 1.165) is 18.7 Å². The zero-order valence-electron chi connectivity index (χ0n) is 13.1. The molecule has 0 radical (unpaired) electrons. The number of carbonyl (C=O) groups is 1. The number of nitrogens with zero attached hydrogens (tertiary/aromatic N) is 3. The molecule has 1 aromatic heterocycles. The zero-order valence-corrected chi connectivity index (χ0v) is 13.1. The molecule has 0 bridgehead atoms. The zero-order chi connectivity index (χ0) is 15.7. The van der Waals surface area contributed by atoms with Crippen LogP contribution in [0, 0.1) is 17.2 Å². The molecule has 0 fully saturated rings. The molecular weight excluding hydrogens is 264 g/mol. The first-order valence-corrected chi connectivity index (χ1v) is 7.44. The highest BCUT2D eigenvalue weighted by molar-refractivity contribution is 5.99. The molecule has 0 aliphatic heterocycles. The largest absolute Gasteiger partial charge is 0.383 e. The Balaban J connectivity index is 2.94. The Labute approximate surface area is 127 Å². The third-order valence-electron chi connectivity index (χ3n) is 2.98. The summed E-state index contributed by atoms with van der Waals surface area (Å²) in [5.41, 5.74) is 1.38. The van der Waals surface area contributed by atoms with Crippen LogP contribution < -0.4 is 5.32 Å². The number of pyridine rings is 1. The normalized spacial score (nSPS) is 10.2. The first-order valence-electron chi connectivity index (χ1n) is 7.44. The number of nitriles is 1. The molecule has 5 heteroatoms. The number of aromatic nitrogens is 1. The maximum atomic E-state index is 12.7. The standard InChI is InChI=1S/C16H24N4O/c1-4-8-19-15-11-18-9-6-14(15)16(21)20(10-5-7-17)12-13(2)3/h6,9,11,13,19H,4-5,8,10,12H2,1-3H3. The van der Waals surface area contributed by atoms with Crippen molar-refractivity contribution in [3.63, 3.8) is 0 Å². The highest BCUT2D eigenvalue weighted by atomic mass is 16.2. The highest BCUT2D eigenvalue weighted by Gasteiger charge is 2.19. The summed E-state index contributed by atoms with van der Waals surface area (Å²) in [5.74, 6) is 0.321. The van der Waals surface area contributed by atoms with Crippen molar-refractivity contribution in [3.05, 3.63) is 24.0 Å². The van der Waals surface area contributed by atoms with Gasteiger partial charge >= 0.3 is 0 Å². The highest BCUT2D eigenvalue weighted by Crippen LogP contribution is 2.17. The van der Waals surface area contributed by atoms with Gasteiger partial charge in [0.05, 0.1) is 29.9 Å². The Hall–Kier alpha value is -2.09. The van der Waals surface area contributed by atoms with Gasteiger partial charge in [0, 0.05) is 25.8 Å². The summed E-state index contributed by atoms with van der Waals surface area (Å²) in [6.07, 6.45) is 4.64. The molecule has 0 aromatic carbocycles. The summed E-state index contributed by atoms with van der Waals surface area (Å²) in [6.45, 7) is 8.11. The van der Waals surface area contributed by atoms with Gasteiger partial charge in [0.25, 0.3) is 5.91 Å². The van der Waals surface area contributed by atoms with Crippen molar-refractivity contribution in [2.45, 2.75) is 33.6 Å². The molecule has 114 valence electrons. The molecule has 0 spiro atoms. The summed E-state index contributed by atoms with van der Waals surface area (Å²) in [5, 5.41) is 12.0. The average molecular weight is 288 g/mol. The van der Waals surface area contributed by atoms with E-state index < -0.39 is 0 Å². The lowest BCUT2D eigenvalue weighted by atomic mass is 10.1. The van der Waals surface area contributed by atoms with Crippen molar-refractivity contribution in [2.24, 2.45) is 5.92 Å². The number of anilines is 1. The fourth-order valence-electron chi connectivity index (χ4n) is 2.05. The minimum atomic E-state index is -0.0417. The van der Waals surface area contributed by atoms with E-state index in [1.807, 2.05) is 0 Å². The maximum Gasteiger partial charge on any atom is 0.256 e. The van der Waals surface area contributed by atoms with Crippen LogP contribution in [-0.4, -0.2) is 35.4 Å². The minimum absolute atomic E-state index is 0.0417. The lowest BCUT2D eigenvalue weighted by Crippen LogP contribution is -2.35. The van der Waals surface area contributed by atoms with Gasteiger partial charge in [-0.25, -0.2) is 0 Å². The van der Waals surface area contributed by atoms with E-state index in [1.165, 1.54) is 0 Å². The van der Waals surface area contributed by atoms with Crippen LogP contribution in [0.2, 0.25) is 0 Å². The Morgan fingerprint density at radius 3 is 2.90 bits per heavy atom. The first-order chi connectivity index (χ1) is 10.1. The molecular formula is C16H24N4O. The van der Waals surface area contributed by atoms with E-state index in [4.69, 9.17) is 5.26 Å². The molecule has 5 nitrogen and oxygen atoms in total. The van der Waals surface area contributed by atoms with Crippen molar-refractivity contribution in [3.8, 4) is 6.07 Å².